The van der Waals surface area contributed by atoms with E-state index >= 15 is 0 Å². The highest BCUT2D eigenvalue weighted by Crippen LogP contribution is 2.36. The van der Waals surface area contributed by atoms with Crippen molar-refractivity contribution in [2.75, 3.05) is 0 Å². The fourth-order valence-electron chi connectivity index (χ4n) is 2.57. The van der Waals surface area contributed by atoms with Gasteiger partial charge in [0.1, 0.15) is 5.69 Å². The number of nitrogens with one attached hydrogen (secondary N) is 2. The topological polar surface area (TPSA) is 93.6 Å². The fraction of sp³-hybridized carbons (Fsp3) is 0. The second kappa shape index (κ2) is 5.50. The third-order valence-electron chi connectivity index (χ3n) is 3.72. The van der Waals surface area contributed by atoms with E-state index in [1.165, 1.54) is 0 Å². The van der Waals surface area contributed by atoms with Crippen LogP contribution in [0.1, 0.15) is 10.5 Å². The fourth-order valence-corrected chi connectivity index (χ4v) is 2.75. The van der Waals surface area contributed by atoms with E-state index in [2.05, 4.69) is 20.2 Å². The summed E-state index contributed by atoms with van der Waals surface area (Å²) in [4.78, 5) is 18.0. The zero-order valence-corrected chi connectivity index (χ0v) is 13.0. The molecule has 0 saturated heterocycles. The highest BCUT2D eigenvalue weighted by atomic mass is 35.5. The second-order valence-corrected chi connectivity index (χ2v) is 5.72. The number of benzene rings is 2. The highest BCUT2D eigenvalue weighted by Gasteiger charge is 2.13. The molecule has 2 aromatic carbocycles. The number of halogens is 1. The number of para-hydroxylation sites is 1. The number of rotatable bonds is 2. The van der Waals surface area contributed by atoms with Gasteiger partial charge in [-0.2, -0.15) is 0 Å². The van der Waals surface area contributed by atoms with Crippen LogP contribution >= 0.6 is 11.6 Å². The number of aromatic hydroxyl groups is 1. The van der Waals surface area contributed by atoms with E-state index in [0.29, 0.717) is 21.6 Å². The number of fused-ring (bicyclic) bond motifs is 2. The maximum absolute atomic E-state index is 12.2. The lowest BCUT2D eigenvalue weighted by molar-refractivity contribution is 0.0991. The summed E-state index contributed by atoms with van der Waals surface area (Å²) in [7, 11) is 0. The minimum Gasteiger partial charge on any atom is -0.493 e. The van der Waals surface area contributed by atoms with E-state index in [-0.39, 0.29) is 11.6 Å². The van der Waals surface area contributed by atoms with Gasteiger partial charge in [0, 0.05) is 21.3 Å². The van der Waals surface area contributed by atoms with Crippen LogP contribution < -0.4 is 0 Å². The van der Waals surface area contributed by atoms with E-state index < -0.39 is 5.91 Å². The van der Waals surface area contributed by atoms with Crippen LogP contribution in [-0.2, 0) is 0 Å². The van der Waals surface area contributed by atoms with Crippen molar-refractivity contribution in [1.82, 2.24) is 9.97 Å². The zero-order chi connectivity index (χ0) is 16.7. The summed E-state index contributed by atoms with van der Waals surface area (Å²) in [5, 5.41) is 19.6. The van der Waals surface area contributed by atoms with Gasteiger partial charge in [-0.05, 0) is 30.3 Å². The number of azo groups is 1. The van der Waals surface area contributed by atoms with E-state index in [1.54, 1.807) is 24.3 Å². The second-order valence-electron chi connectivity index (χ2n) is 5.29. The van der Waals surface area contributed by atoms with Crippen LogP contribution in [0, 0.1) is 0 Å². The number of amides is 1. The number of carbonyl (C=O) groups is 1. The Kier molecular flexibility index (Phi) is 3.32. The van der Waals surface area contributed by atoms with Crippen molar-refractivity contribution in [3.8, 4) is 5.88 Å². The molecule has 0 aliphatic heterocycles. The van der Waals surface area contributed by atoms with Crippen molar-refractivity contribution in [1.29, 1.82) is 0 Å². The Bertz CT molecular complexity index is 1080. The molecule has 118 valence electrons. The van der Waals surface area contributed by atoms with Gasteiger partial charge in [0.25, 0.3) is 0 Å². The van der Waals surface area contributed by atoms with E-state index in [0.717, 1.165) is 10.9 Å². The SMILES string of the molecule is O=C(N=Nc1c(O)[nH]c2ccc(Cl)cc12)c1cc2ccccc2[nH]1. The first-order chi connectivity index (χ1) is 11.6. The molecule has 2 aromatic heterocycles. The van der Waals surface area contributed by atoms with Crippen molar-refractivity contribution in [2.24, 2.45) is 10.2 Å². The normalized spacial score (nSPS) is 11.7. The molecule has 0 bridgehead atoms. The first kappa shape index (κ1) is 14.5. The lowest BCUT2D eigenvalue weighted by Crippen LogP contribution is -1.92. The number of nitrogens with zero attached hydrogens (tertiary/aromatic N) is 2. The number of H-pyrrole nitrogens is 2. The predicted octanol–water partition coefficient (Wildman–Crippen LogP) is 4.93. The number of aromatic amines is 2. The van der Waals surface area contributed by atoms with Crippen LogP contribution in [0.2, 0.25) is 5.02 Å². The smallest absolute Gasteiger partial charge is 0.311 e. The number of hydrogen-bond donors (Lipinski definition) is 3. The average molecular weight is 339 g/mol. The Morgan fingerprint density at radius 2 is 1.88 bits per heavy atom. The van der Waals surface area contributed by atoms with Gasteiger partial charge in [0.15, 0.2) is 5.69 Å². The summed E-state index contributed by atoms with van der Waals surface area (Å²) in [6.07, 6.45) is 0. The van der Waals surface area contributed by atoms with Crippen molar-refractivity contribution in [3.05, 3.63) is 59.2 Å². The molecule has 0 fully saturated rings. The molecule has 0 aliphatic rings. The van der Waals surface area contributed by atoms with Crippen LogP contribution in [0.4, 0.5) is 5.69 Å². The highest BCUT2D eigenvalue weighted by molar-refractivity contribution is 6.31. The molecule has 0 aliphatic carbocycles. The Balaban J connectivity index is 1.70. The summed E-state index contributed by atoms with van der Waals surface area (Å²) < 4.78 is 0. The molecule has 3 N–H and O–H groups in total. The molecule has 0 spiro atoms. The minimum absolute atomic E-state index is 0.166. The molecule has 0 saturated carbocycles. The van der Waals surface area contributed by atoms with E-state index in [9.17, 15) is 9.90 Å². The van der Waals surface area contributed by atoms with Crippen LogP contribution in [0.5, 0.6) is 5.88 Å². The molecule has 24 heavy (non-hydrogen) atoms. The standard InChI is InChI=1S/C17H11ClN4O2/c18-10-5-6-13-11(8-10)15(17(24)20-13)21-22-16(23)14-7-9-3-1-2-4-12(9)19-14/h1-8,19-20,24H. The summed E-state index contributed by atoms with van der Waals surface area (Å²) >= 11 is 5.96. The number of hydrogen-bond acceptors (Lipinski definition) is 3. The van der Waals surface area contributed by atoms with Crippen LogP contribution in [0.25, 0.3) is 21.8 Å². The molecule has 4 rings (SSSR count). The lowest BCUT2D eigenvalue weighted by Gasteiger charge is -1.93. The number of carbonyl (C=O) groups excluding carboxylic acids is 1. The van der Waals surface area contributed by atoms with E-state index in [4.69, 9.17) is 11.6 Å². The Hall–Kier alpha value is -3.12. The Labute approximate surface area is 140 Å². The Morgan fingerprint density at radius 3 is 2.71 bits per heavy atom. The van der Waals surface area contributed by atoms with Gasteiger partial charge < -0.3 is 15.1 Å². The monoisotopic (exact) mass is 338 g/mol. The predicted molar refractivity (Wildman–Crippen MR) is 92.1 cm³/mol. The first-order valence-electron chi connectivity index (χ1n) is 7.16. The van der Waals surface area contributed by atoms with Crippen molar-refractivity contribution < 1.29 is 9.90 Å². The van der Waals surface area contributed by atoms with Crippen LogP contribution in [0.15, 0.2) is 58.8 Å². The average Bonchev–Trinajstić information content (AvgIpc) is 3.13. The quantitative estimate of drug-likeness (QED) is 0.452. The first-order valence-corrected chi connectivity index (χ1v) is 7.53. The summed E-state index contributed by atoms with van der Waals surface area (Å²) in [5.41, 5.74) is 2.01. The molecular formula is C17H11ClN4O2. The molecule has 0 unspecified atom stereocenters. The minimum atomic E-state index is -0.526. The molecule has 0 radical (unpaired) electrons. The molecule has 7 heteroatoms. The van der Waals surface area contributed by atoms with Crippen LogP contribution in [-0.4, -0.2) is 21.0 Å². The van der Waals surface area contributed by atoms with Crippen molar-refractivity contribution in [3.63, 3.8) is 0 Å². The molecule has 0 atom stereocenters. The third-order valence-corrected chi connectivity index (χ3v) is 3.95. The van der Waals surface area contributed by atoms with Gasteiger partial charge in [0.05, 0.1) is 5.52 Å². The van der Waals surface area contributed by atoms with Gasteiger partial charge in [-0.25, -0.2) is 0 Å². The summed E-state index contributed by atoms with van der Waals surface area (Å²) in [5.74, 6) is -0.692. The maximum Gasteiger partial charge on any atom is 0.311 e. The van der Waals surface area contributed by atoms with Crippen molar-refractivity contribution in [2.45, 2.75) is 0 Å². The van der Waals surface area contributed by atoms with Gasteiger partial charge in [-0.3, -0.25) is 4.79 Å². The summed E-state index contributed by atoms with van der Waals surface area (Å²) in [6.45, 7) is 0. The largest absolute Gasteiger partial charge is 0.493 e. The van der Waals surface area contributed by atoms with Crippen molar-refractivity contribution >= 4 is 45.0 Å². The summed E-state index contributed by atoms with van der Waals surface area (Å²) in [6, 6.07) is 14.3. The zero-order valence-electron chi connectivity index (χ0n) is 12.2. The molecule has 2 heterocycles. The molecule has 6 nitrogen and oxygen atoms in total. The van der Waals surface area contributed by atoms with Gasteiger partial charge in [0.2, 0.25) is 5.88 Å². The maximum atomic E-state index is 12.2. The van der Waals surface area contributed by atoms with Gasteiger partial charge in [-0.1, -0.05) is 29.8 Å². The van der Waals surface area contributed by atoms with Gasteiger partial charge >= 0.3 is 5.91 Å². The van der Waals surface area contributed by atoms with Crippen LogP contribution in [0.3, 0.4) is 0 Å². The Morgan fingerprint density at radius 1 is 1.04 bits per heavy atom. The lowest BCUT2D eigenvalue weighted by atomic mass is 10.2. The third kappa shape index (κ3) is 2.43. The molecule has 4 aromatic rings. The molecular weight excluding hydrogens is 328 g/mol. The van der Waals surface area contributed by atoms with Gasteiger partial charge in [-0.15, -0.1) is 10.2 Å². The molecule has 1 amide bonds. The van der Waals surface area contributed by atoms with E-state index in [1.807, 2.05) is 24.3 Å². The number of aromatic nitrogens is 2.